The van der Waals surface area contributed by atoms with E-state index in [4.69, 9.17) is 0 Å². The first-order valence-electron chi connectivity index (χ1n) is 9.27. The highest BCUT2D eigenvalue weighted by Gasteiger charge is 2.45. The molecule has 120 valence electrons. The zero-order valence-corrected chi connectivity index (χ0v) is 13.8. The minimum atomic E-state index is 0.0713. The van der Waals surface area contributed by atoms with Crippen LogP contribution in [0, 0.1) is 17.8 Å². The molecule has 3 heteroatoms. The molecular weight excluding hydrogens is 260 g/mol. The maximum Gasteiger partial charge on any atom is 0.241 e. The first-order valence-corrected chi connectivity index (χ1v) is 9.27. The summed E-state index contributed by atoms with van der Waals surface area (Å²) in [6.07, 6.45) is 12.1. The van der Waals surface area contributed by atoms with Crippen LogP contribution in [0.3, 0.4) is 0 Å². The van der Waals surface area contributed by atoms with Gasteiger partial charge in [-0.2, -0.15) is 0 Å². The van der Waals surface area contributed by atoms with Gasteiger partial charge in [0.15, 0.2) is 0 Å². The van der Waals surface area contributed by atoms with Gasteiger partial charge in [-0.05, 0) is 43.4 Å². The molecule has 0 spiro atoms. The maximum absolute atomic E-state index is 12.9. The summed E-state index contributed by atoms with van der Waals surface area (Å²) in [6.45, 7) is 5.43. The minimum Gasteiger partial charge on any atom is -0.325 e. The largest absolute Gasteiger partial charge is 0.325 e. The van der Waals surface area contributed by atoms with Crippen molar-refractivity contribution in [1.82, 2.24) is 10.2 Å². The molecule has 0 aromatic heterocycles. The van der Waals surface area contributed by atoms with Crippen molar-refractivity contribution in [2.45, 2.75) is 83.8 Å². The van der Waals surface area contributed by atoms with Gasteiger partial charge in [0.25, 0.3) is 0 Å². The first kappa shape index (κ1) is 15.3. The van der Waals surface area contributed by atoms with Gasteiger partial charge >= 0.3 is 0 Å². The summed E-state index contributed by atoms with van der Waals surface area (Å²) in [6, 6.07) is 0.0713. The Morgan fingerprint density at radius 3 is 2.38 bits per heavy atom. The van der Waals surface area contributed by atoms with E-state index >= 15 is 0 Å². The van der Waals surface area contributed by atoms with Crippen molar-refractivity contribution in [1.29, 1.82) is 0 Å². The lowest BCUT2D eigenvalue weighted by Crippen LogP contribution is -2.44. The van der Waals surface area contributed by atoms with E-state index in [1.54, 1.807) is 0 Å². The van der Waals surface area contributed by atoms with E-state index in [9.17, 15) is 4.79 Å². The molecule has 3 aliphatic rings. The molecule has 0 aromatic carbocycles. The van der Waals surface area contributed by atoms with Crippen molar-refractivity contribution < 1.29 is 4.79 Å². The van der Waals surface area contributed by atoms with Gasteiger partial charge in [-0.15, -0.1) is 0 Å². The minimum absolute atomic E-state index is 0.0713. The molecule has 1 N–H and O–H groups in total. The Labute approximate surface area is 129 Å². The van der Waals surface area contributed by atoms with Gasteiger partial charge in [0.05, 0.1) is 12.2 Å². The number of amides is 1. The number of carbonyl (C=O) groups is 1. The van der Waals surface area contributed by atoms with Gasteiger partial charge < -0.3 is 4.90 Å². The molecule has 21 heavy (non-hydrogen) atoms. The van der Waals surface area contributed by atoms with Crippen molar-refractivity contribution in [2.24, 2.45) is 17.8 Å². The summed E-state index contributed by atoms with van der Waals surface area (Å²) < 4.78 is 0. The molecule has 0 bridgehead atoms. The SMILES string of the molecule is CCC(C)C1NC(C2CCCC2)N(CC2CCCC2)C1=O. The van der Waals surface area contributed by atoms with E-state index < -0.39 is 0 Å². The summed E-state index contributed by atoms with van der Waals surface area (Å²) >= 11 is 0. The maximum atomic E-state index is 12.9. The second kappa shape index (κ2) is 6.68. The van der Waals surface area contributed by atoms with Crippen molar-refractivity contribution >= 4 is 5.91 Å². The van der Waals surface area contributed by atoms with Gasteiger partial charge in [0.2, 0.25) is 5.91 Å². The predicted molar refractivity (Wildman–Crippen MR) is 85.8 cm³/mol. The molecule has 3 fully saturated rings. The Hall–Kier alpha value is -0.570. The third kappa shape index (κ3) is 3.13. The van der Waals surface area contributed by atoms with Crippen LogP contribution in [0.5, 0.6) is 0 Å². The molecule has 3 rings (SSSR count). The lowest BCUT2D eigenvalue weighted by molar-refractivity contribution is -0.132. The number of hydrogen-bond donors (Lipinski definition) is 1. The van der Waals surface area contributed by atoms with Gasteiger partial charge in [-0.1, -0.05) is 46.0 Å². The average Bonchev–Trinajstić information content (AvgIpc) is 3.21. The molecule has 2 aliphatic carbocycles. The highest BCUT2D eigenvalue weighted by molar-refractivity contribution is 5.84. The summed E-state index contributed by atoms with van der Waals surface area (Å²) in [7, 11) is 0. The quantitative estimate of drug-likeness (QED) is 0.840. The molecule has 3 nitrogen and oxygen atoms in total. The third-order valence-corrected chi connectivity index (χ3v) is 6.22. The highest BCUT2D eigenvalue weighted by atomic mass is 16.2. The van der Waals surface area contributed by atoms with E-state index in [1.165, 1.54) is 51.4 Å². The number of nitrogens with one attached hydrogen (secondary N) is 1. The Kier molecular flexibility index (Phi) is 4.88. The Bertz CT molecular complexity index is 358. The molecular formula is C18H32N2O. The van der Waals surface area contributed by atoms with Crippen LogP contribution >= 0.6 is 0 Å². The van der Waals surface area contributed by atoms with Gasteiger partial charge in [0.1, 0.15) is 0 Å². The van der Waals surface area contributed by atoms with Gasteiger partial charge in [-0.25, -0.2) is 0 Å². The first-order chi connectivity index (χ1) is 10.2. The number of hydrogen-bond acceptors (Lipinski definition) is 2. The van der Waals surface area contributed by atoms with Crippen LogP contribution in [0.25, 0.3) is 0 Å². The molecule has 2 saturated carbocycles. The van der Waals surface area contributed by atoms with Crippen molar-refractivity contribution in [3.05, 3.63) is 0 Å². The number of nitrogens with zero attached hydrogens (tertiary/aromatic N) is 1. The Morgan fingerprint density at radius 2 is 1.76 bits per heavy atom. The molecule has 1 aliphatic heterocycles. The fourth-order valence-electron chi connectivity index (χ4n) is 4.64. The van der Waals surface area contributed by atoms with Crippen molar-refractivity contribution in [3.63, 3.8) is 0 Å². The van der Waals surface area contributed by atoms with Crippen molar-refractivity contribution in [2.75, 3.05) is 6.54 Å². The molecule has 3 unspecified atom stereocenters. The average molecular weight is 292 g/mol. The molecule has 0 radical (unpaired) electrons. The van der Waals surface area contributed by atoms with E-state index in [1.807, 2.05) is 0 Å². The highest BCUT2D eigenvalue weighted by Crippen LogP contribution is 2.35. The number of carbonyl (C=O) groups excluding carboxylic acids is 1. The second-order valence-corrected chi connectivity index (χ2v) is 7.66. The molecule has 0 aromatic rings. The fourth-order valence-corrected chi connectivity index (χ4v) is 4.64. The van der Waals surface area contributed by atoms with Crippen LogP contribution in [-0.2, 0) is 4.79 Å². The van der Waals surface area contributed by atoms with Crippen LogP contribution in [0.4, 0.5) is 0 Å². The van der Waals surface area contributed by atoms with E-state index in [0.29, 0.717) is 23.9 Å². The van der Waals surface area contributed by atoms with Gasteiger partial charge in [-0.3, -0.25) is 10.1 Å². The lowest BCUT2D eigenvalue weighted by atomic mass is 9.99. The van der Waals surface area contributed by atoms with Crippen molar-refractivity contribution in [3.8, 4) is 0 Å². The van der Waals surface area contributed by atoms with Crippen LogP contribution in [0.1, 0.15) is 71.6 Å². The van der Waals surface area contributed by atoms with Crippen LogP contribution in [0.2, 0.25) is 0 Å². The van der Waals surface area contributed by atoms with E-state index in [0.717, 1.165) is 18.9 Å². The molecule has 1 amide bonds. The summed E-state index contributed by atoms with van der Waals surface area (Å²) in [4.78, 5) is 15.2. The topological polar surface area (TPSA) is 32.3 Å². The predicted octanol–water partition coefficient (Wildman–Crippen LogP) is 3.54. The summed E-state index contributed by atoms with van der Waals surface area (Å²) in [5.74, 6) is 2.31. The van der Waals surface area contributed by atoms with E-state index in [-0.39, 0.29) is 6.04 Å². The Morgan fingerprint density at radius 1 is 1.14 bits per heavy atom. The van der Waals surface area contributed by atoms with Crippen LogP contribution < -0.4 is 5.32 Å². The fraction of sp³-hybridized carbons (Fsp3) is 0.944. The molecule has 1 heterocycles. The van der Waals surface area contributed by atoms with Crippen LogP contribution in [-0.4, -0.2) is 29.6 Å². The number of rotatable bonds is 5. The zero-order valence-electron chi connectivity index (χ0n) is 13.8. The monoisotopic (exact) mass is 292 g/mol. The zero-order chi connectivity index (χ0) is 14.8. The second-order valence-electron chi connectivity index (χ2n) is 7.66. The molecule has 3 atom stereocenters. The van der Waals surface area contributed by atoms with Gasteiger partial charge in [0, 0.05) is 6.54 Å². The standard InChI is InChI=1S/C18H32N2O/c1-3-13(2)16-18(21)20(12-14-8-4-5-9-14)17(19-16)15-10-6-7-11-15/h13-17,19H,3-12H2,1-2H3. The summed E-state index contributed by atoms with van der Waals surface area (Å²) in [5.41, 5.74) is 0. The molecule has 1 saturated heterocycles. The lowest BCUT2D eigenvalue weighted by Gasteiger charge is -2.31. The summed E-state index contributed by atoms with van der Waals surface area (Å²) in [5, 5.41) is 3.73. The Balaban J connectivity index is 1.72. The normalized spacial score (nSPS) is 33.2. The smallest absolute Gasteiger partial charge is 0.241 e. The van der Waals surface area contributed by atoms with E-state index in [2.05, 4.69) is 24.1 Å². The third-order valence-electron chi connectivity index (χ3n) is 6.22. The van der Waals surface area contributed by atoms with Crippen LogP contribution in [0.15, 0.2) is 0 Å².